The number of carboxylic acids is 1. The number of carboxylic acid groups (broad SMARTS) is 1. The van der Waals surface area contributed by atoms with Gasteiger partial charge in [-0.1, -0.05) is 13.8 Å². The first-order chi connectivity index (χ1) is 8.54. The first kappa shape index (κ1) is 12.7. The Morgan fingerprint density at radius 2 is 2.22 bits per heavy atom. The molecular formula is C13H17NO4. The van der Waals surface area contributed by atoms with Gasteiger partial charge in [0.05, 0.1) is 17.7 Å². The maximum absolute atomic E-state index is 12.3. The van der Waals surface area contributed by atoms with Gasteiger partial charge in [-0.2, -0.15) is 0 Å². The van der Waals surface area contributed by atoms with Crippen molar-refractivity contribution in [2.45, 2.75) is 20.3 Å². The quantitative estimate of drug-likeness (QED) is 0.886. The lowest BCUT2D eigenvalue weighted by Gasteiger charge is -2.15. The molecule has 98 valence electrons. The van der Waals surface area contributed by atoms with Crippen molar-refractivity contribution in [3.8, 4) is 0 Å². The molecule has 1 saturated heterocycles. The number of amides is 1. The van der Waals surface area contributed by atoms with Crippen LogP contribution in [0.5, 0.6) is 0 Å². The molecule has 1 aliphatic rings. The van der Waals surface area contributed by atoms with Crippen LogP contribution in [0.3, 0.4) is 0 Å². The van der Waals surface area contributed by atoms with Gasteiger partial charge in [-0.25, -0.2) is 0 Å². The molecule has 2 rings (SSSR count). The zero-order valence-electron chi connectivity index (χ0n) is 10.5. The largest absolute Gasteiger partial charge is 0.481 e. The Bertz CT molecular complexity index is 465. The molecule has 2 heterocycles. The van der Waals surface area contributed by atoms with Gasteiger partial charge in [0, 0.05) is 19.5 Å². The van der Waals surface area contributed by atoms with E-state index in [1.54, 1.807) is 11.0 Å². The number of nitrogens with zero attached hydrogens (tertiary/aromatic N) is 1. The summed E-state index contributed by atoms with van der Waals surface area (Å²) >= 11 is 0. The van der Waals surface area contributed by atoms with E-state index >= 15 is 0 Å². The van der Waals surface area contributed by atoms with E-state index in [1.165, 1.54) is 6.26 Å². The third kappa shape index (κ3) is 2.12. The Kier molecular flexibility index (Phi) is 3.41. The molecule has 1 fully saturated rings. The van der Waals surface area contributed by atoms with E-state index in [9.17, 15) is 9.59 Å². The summed E-state index contributed by atoms with van der Waals surface area (Å²) in [5.41, 5.74) is 0.552. The molecular weight excluding hydrogens is 234 g/mol. The Balaban J connectivity index is 2.14. The molecule has 0 radical (unpaired) electrons. The predicted molar refractivity (Wildman–Crippen MR) is 64.3 cm³/mol. The van der Waals surface area contributed by atoms with E-state index in [2.05, 4.69) is 0 Å². The summed E-state index contributed by atoms with van der Waals surface area (Å²) < 4.78 is 5.23. The second-order valence-electron chi connectivity index (χ2n) is 4.74. The van der Waals surface area contributed by atoms with E-state index < -0.39 is 11.9 Å². The molecule has 0 bridgehead atoms. The number of furan rings is 1. The molecule has 1 N–H and O–H groups in total. The zero-order chi connectivity index (χ0) is 13.3. The first-order valence-corrected chi connectivity index (χ1v) is 6.13. The van der Waals surface area contributed by atoms with Crippen LogP contribution in [0.1, 0.15) is 30.0 Å². The highest BCUT2D eigenvalue weighted by atomic mass is 16.4. The first-order valence-electron chi connectivity index (χ1n) is 6.13. The maximum atomic E-state index is 12.3. The fourth-order valence-electron chi connectivity index (χ4n) is 2.43. The van der Waals surface area contributed by atoms with E-state index in [4.69, 9.17) is 9.52 Å². The van der Waals surface area contributed by atoms with Crippen LogP contribution >= 0.6 is 0 Å². The molecule has 2 atom stereocenters. The molecule has 0 aliphatic carbocycles. The molecule has 1 aromatic rings. The van der Waals surface area contributed by atoms with Crippen LogP contribution in [-0.2, 0) is 11.2 Å². The third-order valence-corrected chi connectivity index (χ3v) is 3.51. The van der Waals surface area contributed by atoms with Crippen molar-refractivity contribution in [2.24, 2.45) is 11.8 Å². The number of hydrogen-bond acceptors (Lipinski definition) is 3. The molecule has 0 aromatic carbocycles. The van der Waals surface area contributed by atoms with E-state index in [0.717, 1.165) is 0 Å². The minimum Gasteiger partial charge on any atom is -0.481 e. The van der Waals surface area contributed by atoms with Gasteiger partial charge in [0.1, 0.15) is 5.76 Å². The van der Waals surface area contributed by atoms with Crippen LogP contribution in [0.25, 0.3) is 0 Å². The minimum atomic E-state index is -0.833. The molecule has 1 aromatic heterocycles. The van der Waals surface area contributed by atoms with E-state index in [1.807, 2.05) is 13.8 Å². The number of aliphatic carboxylic acids is 1. The molecule has 1 amide bonds. The second kappa shape index (κ2) is 4.84. The smallest absolute Gasteiger partial charge is 0.308 e. The Labute approximate surface area is 105 Å². The minimum absolute atomic E-state index is 0.0107. The van der Waals surface area contributed by atoms with Gasteiger partial charge in [-0.3, -0.25) is 9.59 Å². The van der Waals surface area contributed by atoms with Crippen molar-refractivity contribution >= 4 is 11.9 Å². The van der Waals surface area contributed by atoms with E-state index in [0.29, 0.717) is 24.3 Å². The van der Waals surface area contributed by atoms with Gasteiger partial charge >= 0.3 is 5.97 Å². The molecule has 0 unspecified atom stereocenters. The summed E-state index contributed by atoms with van der Waals surface area (Å²) in [5.74, 6) is -0.780. The summed E-state index contributed by atoms with van der Waals surface area (Å²) in [5, 5.41) is 9.06. The third-order valence-electron chi connectivity index (χ3n) is 3.51. The molecule has 5 heteroatoms. The molecule has 0 spiro atoms. The van der Waals surface area contributed by atoms with Crippen molar-refractivity contribution in [2.75, 3.05) is 13.1 Å². The van der Waals surface area contributed by atoms with Crippen molar-refractivity contribution in [3.63, 3.8) is 0 Å². The zero-order valence-corrected chi connectivity index (χ0v) is 10.5. The molecule has 18 heavy (non-hydrogen) atoms. The number of aryl methyl sites for hydroxylation is 1. The number of likely N-dealkylation sites (tertiary alicyclic amines) is 1. The highest BCUT2D eigenvalue weighted by Gasteiger charge is 2.37. The van der Waals surface area contributed by atoms with Crippen LogP contribution in [0.2, 0.25) is 0 Å². The average molecular weight is 251 g/mol. The van der Waals surface area contributed by atoms with Crippen LogP contribution in [-0.4, -0.2) is 35.0 Å². The van der Waals surface area contributed by atoms with Crippen molar-refractivity contribution < 1.29 is 19.1 Å². The summed E-state index contributed by atoms with van der Waals surface area (Å²) in [6.07, 6.45) is 2.15. The van der Waals surface area contributed by atoms with Gasteiger partial charge < -0.3 is 14.4 Å². The van der Waals surface area contributed by atoms with Gasteiger partial charge in [0.2, 0.25) is 0 Å². The van der Waals surface area contributed by atoms with Gasteiger partial charge in [-0.05, 0) is 12.0 Å². The lowest BCUT2D eigenvalue weighted by molar-refractivity contribution is -0.142. The molecule has 5 nitrogen and oxygen atoms in total. The van der Waals surface area contributed by atoms with E-state index in [-0.39, 0.29) is 18.4 Å². The SMILES string of the molecule is CCc1occc1C(=O)N1C[C@@H](C)[C@H](C(=O)O)C1. The maximum Gasteiger partial charge on any atom is 0.308 e. The topological polar surface area (TPSA) is 70.8 Å². The average Bonchev–Trinajstić information content (AvgIpc) is 2.93. The van der Waals surface area contributed by atoms with Gasteiger partial charge in [0.15, 0.2) is 0 Å². The van der Waals surface area contributed by atoms with Crippen LogP contribution < -0.4 is 0 Å². The number of carbonyl (C=O) groups excluding carboxylic acids is 1. The second-order valence-corrected chi connectivity index (χ2v) is 4.74. The Morgan fingerprint density at radius 3 is 2.78 bits per heavy atom. The number of hydrogen-bond donors (Lipinski definition) is 1. The fourth-order valence-corrected chi connectivity index (χ4v) is 2.43. The number of carbonyl (C=O) groups is 2. The monoisotopic (exact) mass is 251 g/mol. The summed E-state index contributed by atoms with van der Waals surface area (Å²) in [4.78, 5) is 24.9. The van der Waals surface area contributed by atoms with Crippen molar-refractivity contribution in [3.05, 3.63) is 23.7 Å². The standard InChI is InChI=1S/C13H17NO4/c1-3-11-9(4-5-18-11)12(15)14-6-8(2)10(7-14)13(16)17/h4-5,8,10H,3,6-7H2,1-2H3,(H,16,17)/t8-,10-/m1/s1. The summed E-state index contributed by atoms with van der Waals surface area (Å²) in [6, 6.07) is 1.65. The highest BCUT2D eigenvalue weighted by molar-refractivity contribution is 5.95. The molecule has 1 aliphatic heterocycles. The Morgan fingerprint density at radius 1 is 1.50 bits per heavy atom. The van der Waals surface area contributed by atoms with Crippen LogP contribution in [0.15, 0.2) is 16.7 Å². The lowest BCUT2D eigenvalue weighted by Crippen LogP contribution is -2.30. The van der Waals surface area contributed by atoms with Gasteiger partial charge in [0.25, 0.3) is 5.91 Å². The lowest BCUT2D eigenvalue weighted by atomic mass is 9.99. The fraction of sp³-hybridized carbons (Fsp3) is 0.538. The molecule has 0 saturated carbocycles. The Hall–Kier alpha value is -1.78. The summed E-state index contributed by atoms with van der Waals surface area (Å²) in [6.45, 7) is 4.55. The normalized spacial score (nSPS) is 23.3. The number of rotatable bonds is 3. The van der Waals surface area contributed by atoms with Crippen LogP contribution in [0, 0.1) is 11.8 Å². The van der Waals surface area contributed by atoms with Crippen LogP contribution in [0.4, 0.5) is 0 Å². The van der Waals surface area contributed by atoms with Gasteiger partial charge in [-0.15, -0.1) is 0 Å². The predicted octanol–water partition coefficient (Wildman–Crippen LogP) is 1.63. The highest BCUT2D eigenvalue weighted by Crippen LogP contribution is 2.25. The van der Waals surface area contributed by atoms with Crippen molar-refractivity contribution in [1.82, 2.24) is 4.90 Å². The van der Waals surface area contributed by atoms with Crippen molar-refractivity contribution in [1.29, 1.82) is 0 Å². The summed E-state index contributed by atoms with van der Waals surface area (Å²) in [7, 11) is 0.